The topological polar surface area (TPSA) is 69.9 Å². The molecule has 0 aliphatic rings. The Morgan fingerprint density at radius 3 is 2.77 bits per heavy atom. The fraction of sp³-hybridized carbons (Fsp3) is 0.143. The van der Waals surface area contributed by atoms with Gasteiger partial charge in [-0.25, -0.2) is 0 Å². The van der Waals surface area contributed by atoms with E-state index < -0.39 is 0 Å². The summed E-state index contributed by atoms with van der Waals surface area (Å²) in [7, 11) is 1.82. The maximum atomic E-state index is 5.43. The van der Waals surface area contributed by atoms with Crippen LogP contribution in [0.5, 0.6) is 0 Å². The molecule has 2 heterocycles. The van der Waals surface area contributed by atoms with Gasteiger partial charge in [-0.3, -0.25) is 4.68 Å². The molecule has 0 aromatic carbocycles. The maximum absolute atomic E-state index is 5.43. The van der Waals surface area contributed by atoms with Crippen LogP contribution >= 0.6 is 15.9 Å². The highest BCUT2D eigenvalue weighted by atomic mass is 79.9. The molecule has 0 aliphatic carbocycles. The molecule has 0 aliphatic heterocycles. The van der Waals surface area contributed by atoms with E-state index in [4.69, 9.17) is 10.3 Å². The third-order valence-corrected chi connectivity index (χ3v) is 2.02. The van der Waals surface area contributed by atoms with Crippen molar-refractivity contribution in [2.45, 2.75) is 0 Å². The number of nitrogens with zero attached hydrogens (tertiary/aromatic N) is 3. The molecule has 0 fully saturated rings. The molecule has 6 heteroatoms. The third kappa shape index (κ3) is 1.44. The molecule has 0 amide bonds. The van der Waals surface area contributed by atoms with Crippen molar-refractivity contribution in [1.29, 1.82) is 0 Å². The van der Waals surface area contributed by atoms with Crippen molar-refractivity contribution < 1.29 is 4.52 Å². The average molecular weight is 243 g/mol. The number of hydrogen-bond donors (Lipinski definition) is 1. The van der Waals surface area contributed by atoms with Crippen molar-refractivity contribution in [3.05, 3.63) is 16.7 Å². The minimum absolute atomic E-state index is 0.368. The zero-order valence-corrected chi connectivity index (χ0v) is 8.45. The van der Waals surface area contributed by atoms with Gasteiger partial charge in [-0.15, -0.1) is 0 Å². The van der Waals surface area contributed by atoms with Gasteiger partial charge in [0, 0.05) is 19.2 Å². The Kier molecular flexibility index (Phi) is 1.84. The van der Waals surface area contributed by atoms with Crippen molar-refractivity contribution in [3.63, 3.8) is 0 Å². The fourth-order valence-electron chi connectivity index (χ4n) is 1.07. The van der Waals surface area contributed by atoms with Crippen LogP contribution in [0.3, 0.4) is 0 Å². The van der Waals surface area contributed by atoms with Gasteiger partial charge in [-0.2, -0.15) is 5.10 Å². The minimum atomic E-state index is 0.368. The van der Waals surface area contributed by atoms with Gasteiger partial charge in [0.25, 0.3) is 0 Å². The highest BCUT2D eigenvalue weighted by Gasteiger charge is 2.10. The van der Waals surface area contributed by atoms with Crippen LogP contribution in [-0.4, -0.2) is 14.9 Å². The van der Waals surface area contributed by atoms with E-state index in [0.29, 0.717) is 11.6 Å². The Morgan fingerprint density at radius 1 is 1.54 bits per heavy atom. The summed E-state index contributed by atoms with van der Waals surface area (Å²) in [6.07, 6.45) is 0. The molecule has 2 aromatic rings. The molecule has 2 aromatic heterocycles. The molecule has 0 saturated heterocycles. The minimum Gasteiger partial charge on any atom is -0.381 e. The van der Waals surface area contributed by atoms with Gasteiger partial charge in [0.2, 0.25) is 0 Å². The van der Waals surface area contributed by atoms with Gasteiger partial charge in [0.1, 0.15) is 10.3 Å². The lowest BCUT2D eigenvalue weighted by atomic mass is 10.3. The SMILES string of the molecule is Cn1nc(Br)cc1-c1cc(N)no1. The summed E-state index contributed by atoms with van der Waals surface area (Å²) in [5.74, 6) is 0.977. The lowest BCUT2D eigenvalue weighted by molar-refractivity contribution is 0.432. The molecule has 2 N–H and O–H groups in total. The van der Waals surface area contributed by atoms with Crippen LogP contribution in [-0.2, 0) is 7.05 Å². The Morgan fingerprint density at radius 2 is 2.31 bits per heavy atom. The fourth-order valence-corrected chi connectivity index (χ4v) is 1.53. The van der Waals surface area contributed by atoms with E-state index in [1.54, 1.807) is 10.7 Å². The zero-order valence-electron chi connectivity index (χ0n) is 6.86. The van der Waals surface area contributed by atoms with Crippen LogP contribution in [0.4, 0.5) is 5.82 Å². The number of rotatable bonds is 1. The summed E-state index contributed by atoms with van der Waals surface area (Å²) >= 11 is 3.26. The number of halogens is 1. The summed E-state index contributed by atoms with van der Waals surface area (Å²) in [6, 6.07) is 3.49. The van der Waals surface area contributed by atoms with Gasteiger partial charge in [-0.05, 0) is 15.9 Å². The second-order valence-corrected chi connectivity index (χ2v) is 3.40. The summed E-state index contributed by atoms with van der Waals surface area (Å²) in [6.45, 7) is 0. The summed E-state index contributed by atoms with van der Waals surface area (Å²) in [5.41, 5.74) is 6.26. The van der Waals surface area contributed by atoms with E-state index in [2.05, 4.69) is 26.2 Å². The van der Waals surface area contributed by atoms with Gasteiger partial charge >= 0.3 is 0 Å². The van der Waals surface area contributed by atoms with Gasteiger partial charge in [0.15, 0.2) is 11.6 Å². The second kappa shape index (κ2) is 2.88. The summed E-state index contributed by atoms with van der Waals surface area (Å²) in [5, 5.41) is 7.69. The number of nitrogen functional groups attached to an aromatic ring is 1. The van der Waals surface area contributed by atoms with Crippen LogP contribution in [0, 0.1) is 0 Å². The van der Waals surface area contributed by atoms with Crippen LogP contribution in [0.15, 0.2) is 21.3 Å². The third-order valence-electron chi connectivity index (χ3n) is 1.63. The predicted molar refractivity (Wildman–Crippen MR) is 50.8 cm³/mol. The van der Waals surface area contributed by atoms with Crippen molar-refractivity contribution >= 4 is 21.7 Å². The quantitative estimate of drug-likeness (QED) is 0.822. The number of anilines is 1. The number of aryl methyl sites for hydroxylation is 1. The van der Waals surface area contributed by atoms with Crippen LogP contribution in [0.25, 0.3) is 11.5 Å². The predicted octanol–water partition coefficient (Wildman–Crippen LogP) is 1.42. The first-order valence-corrected chi connectivity index (χ1v) is 4.38. The molecule has 0 bridgehead atoms. The van der Waals surface area contributed by atoms with Crippen LogP contribution in [0.1, 0.15) is 0 Å². The normalized spacial score (nSPS) is 10.6. The Hall–Kier alpha value is -1.30. The highest BCUT2D eigenvalue weighted by Crippen LogP contribution is 2.23. The highest BCUT2D eigenvalue weighted by molar-refractivity contribution is 9.10. The Labute approximate surface area is 82.6 Å². The van der Waals surface area contributed by atoms with E-state index in [9.17, 15) is 0 Å². The first-order valence-electron chi connectivity index (χ1n) is 3.59. The van der Waals surface area contributed by atoms with E-state index in [0.717, 1.165) is 10.3 Å². The van der Waals surface area contributed by atoms with E-state index in [-0.39, 0.29) is 0 Å². The Balaban J connectivity index is 2.51. The van der Waals surface area contributed by atoms with Crippen molar-refractivity contribution in [3.8, 4) is 11.5 Å². The van der Waals surface area contributed by atoms with Gasteiger partial charge in [0.05, 0.1) is 0 Å². The molecule has 0 spiro atoms. The average Bonchev–Trinajstić information content (AvgIpc) is 2.58. The molecule has 0 radical (unpaired) electrons. The van der Waals surface area contributed by atoms with Crippen molar-refractivity contribution in [2.75, 3.05) is 5.73 Å². The maximum Gasteiger partial charge on any atom is 0.187 e. The summed E-state index contributed by atoms with van der Waals surface area (Å²) in [4.78, 5) is 0. The standard InChI is InChI=1S/C7H7BrN4O/c1-12-4(2-6(8)10-12)5-3-7(9)11-13-5/h2-3H,1H3,(H2,9,11). The Bertz CT molecular complexity index is 433. The lowest BCUT2D eigenvalue weighted by Gasteiger charge is -1.93. The first kappa shape index (κ1) is 8.31. The first-order chi connectivity index (χ1) is 6.16. The van der Waals surface area contributed by atoms with Crippen LogP contribution < -0.4 is 5.73 Å². The largest absolute Gasteiger partial charge is 0.381 e. The molecular weight excluding hydrogens is 236 g/mol. The van der Waals surface area contributed by atoms with Gasteiger partial charge in [-0.1, -0.05) is 5.16 Å². The van der Waals surface area contributed by atoms with Crippen LogP contribution in [0.2, 0.25) is 0 Å². The molecule has 0 saturated carbocycles. The monoisotopic (exact) mass is 242 g/mol. The molecule has 68 valence electrons. The van der Waals surface area contributed by atoms with Gasteiger partial charge < -0.3 is 10.3 Å². The number of hydrogen-bond acceptors (Lipinski definition) is 4. The molecule has 5 nitrogen and oxygen atoms in total. The van der Waals surface area contributed by atoms with E-state index in [1.807, 2.05) is 13.1 Å². The molecular formula is C7H7BrN4O. The lowest BCUT2D eigenvalue weighted by Crippen LogP contribution is -1.92. The summed E-state index contributed by atoms with van der Waals surface area (Å²) < 4.78 is 7.42. The van der Waals surface area contributed by atoms with Crippen molar-refractivity contribution in [1.82, 2.24) is 14.9 Å². The molecule has 0 atom stereocenters. The van der Waals surface area contributed by atoms with E-state index >= 15 is 0 Å². The molecule has 2 rings (SSSR count). The van der Waals surface area contributed by atoms with Crippen molar-refractivity contribution in [2.24, 2.45) is 7.05 Å². The molecule has 13 heavy (non-hydrogen) atoms. The number of nitrogens with two attached hydrogens (primary N) is 1. The zero-order chi connectivity index (χ0) is 9.42. The van der Waals surface area contributed by atoms with E-state index in [1.165, 1.54) is 0 Å². The number of aromatic nitrogens is 3. The second-order valence-electron chi connectivity index (χ2n) is 2.59. The molecule has 0 unspecified atom stereocenters. The smallest absolute Gasteiger partial charge is 0.187 e.